The molecule has 1 unspecified atom stereocenters. The Hall–Kier alpha value is -0.870. The number of hydrogen-bond acceptors (Lipinski definition) is 4. The van der Waals surface area contributed by atoms with Crippen molar-refractivity contribution >= 4 is 0 Å². The minimum atomic E-state index is 0.341. The van der Waals surface area contributed by atoms with Crippen molar-refractivity contribution in [2.75, 3.05) is 13.2 Å². The van der Waals surface area contributed by atoms with Crippen molar-refractivity contribution in [1.29, 1.82) is 0 Å². The minimum absolute atomic E-state index is 0.341. The minimum Gasteiger partial charge on any atom is -0.446 e. The Morgan fingerprint density at radius 1 is 1.50 bits per heavy atom. The molecule has 1 aliphatic heterocycles. The summed E-state index contributed by atoms with van der Waals surface area (Å²) < 4.78 is 11.3. The lowest BCUT2D eigenvalue weighted by molar-refractivity contribution is 0.106. The summed E-state index contributed by atoms with van der Waals surface area (Å²) in [6.07, 6.45) is 7.36. The Bertz CT molecular complexity index is 343. The van der Waals surface area contributed by atoms with Crippen LogP contribution in [0.1, 0.15) is 44.8 Å². The molecule has 4 heteroatoms. The maximum atomic E-state index is 5.73. The third-order valence-corrected chi connectivity index (χ3v) is 3.17. The molecule has 1 fully saturated rings. The summed E-state index contributed by atoms with van der Waals surface area (Å²) in [5.74, 6) is 1.82. The van der Waals surface area contributed by atoms with E-state index in [-0.39, 0.29) is 0 Å². The predicted octanol–water partition coefficient (Wildman–Crippen LogP) is 2.33. The predicted molar refractivity (Wildman–Crippen MR) is 70.6 cm³/mol. The first kappa shape index (κ1) is 13.6. The van der Waals surface area contributed by atoms with Crippen LogP contribution in [-0.4, -0.2) is 30.3 Å². The highest BCUT2D eigenvalue weighted by Gasteiger charge is 2.18. The van der Waals surface area contributed by atoms with Gasteiger partial charge in [-0.15, -0.1) is 0 Å². The van der Waals surface area contributed by atoms with Crippen LogP contribution in [0.15, 0.2) is 10.6 Å². The van der Waals surface area contributed by atoms with Gasteiger partial charge in [0.05, 0.1) is 12.3 Å². The highest BCUT2D eigenvalue weighted by Crippen LogP contribution is 2.17. The fourth-order valence-electron chi connectivity index (χ4n) is 2.22. The molecule has 18 heavy (non-hydrogen) atoms. The standard InChI is InChI=1S/C14H24N2O2/c1-11(2)15-7-3-6-14-16-10-13(18-14)9-12-5-4-8-17-12/h10-12,15H,3-9H2,1-2H3. The van der Waals surface area contributed by atoms with Gasteiger partial charge >= 0.3 is 0 Å². The van der Waals surface area contributed by atoms with E-state index in [0.717, 1.165) is 50.5 Å². The number of aryl methyl sites for hydroxylation is 1. The van der Waals surface area contributed by atoms with Crippen molar-refractivity contribution in [3.63, 3.8) is 0 Å². The molecule has 2 heterocycles. The molecule has 0 aliphatic carbocycles. The van der Waals surface area contributed by atoms with Crippen molar-refractivity contribution in [2.24, 2.45) is 0 Å². The molecule has 0 spiro atoms. The van der Waals surface area contributed by atoms with Crippen molar-refractivity contribution in [1.82, 2.24) is 10.3 Å². The van der Waals surface area contributed by atoms with Crippen LogP contribution >= 0.6 is 0 Å². The normalized spacial score (nSPS) is 19.8. The molecule has 2 rings (SSSR count). The lowest BCUT2D eigenvalue weighted by Crippen LogP contribution is -2.23. The zero-order valence-electron chi connectivity index (χ0n) is 11.4. The Morgan fingerprint density at radius 2 is 2.39 bits per heavy atom. The number of ether oxygens (including phenoxy) is 1. The molecule has 1 aliphatic rings. The van der Waals surface area contributed by atoms with E-state index >= 15 is 0 Å². The van der Waals surface area contributed by atoms with Gasteiger partial charge in [0.1, 0.15) is 5.76 Å². The monoisotopic (exact) mass is 252 g/mol. The highest BCUT2D eigenvalue weighted by atomic mass is 16.5. The van der Waals surface area contributed by atoms with E-state index in [0.29, 0.717) is 12.1 Å². The summed E-state index contributed by atoms with van der Waals surface area (Å²) in [6, 6.07) is 0.546. The Kier molecular flexibility index (Phi) is 5.20. The third-order valence-electron chi connectivity index (χ3n) is 3.17. The van der Waals surface area contributed by atoms with E-state index in [2.05, 4.69) is 24.1 Å². The van der Waals surface area contributed by atoms with Crippen LogP contribution < -0.4 is 5.32 Å². The lowest BCUT2D eigenvalue weighted by atomic mass is 10.1. The third kappa shape index (κ3) is 4.42. The van der Waals surface area contributed by atoms with Gasteiger partial charge < -0.3 is 14.5 Å². The highest BCUT2D eigenvalue weighted by molar-refractivity contribution is 4.97. The number of hydrogen-bond donors (Lipinski definition) is 1. The number of oxazole rings is 1. The zero-order chi connectivity index (χ0) is 12.8. The molecule has 0 amide bonds. The summed E-state index contributed by atoms with van der Waals surface area (Å²) in [6.45, 7) is 6.23. The van der Waals surface area contributed by atoms with Crippen molar-refractivity contribution in [3.8, 4) is 0 Å². The SMILES string of the molecule is CC(C)NCCCc1ncc(CC2CCCO2)o1. The number of rotatable bonds is 7. The average Bonchev–Trinajstić information content (AvgIpc) is 2.97. The Labute approximate surface area is 109 Å². The molecule has 0 aromatic carbocycles. The first-order valence-corrected chi connectivity index (χ1v) is 7.02. The van der Waals surface area contributed by atoms with Crippen LogP contribution in [0, 0.1) is 0 Å². The van der Waals surface area contributed by atoms with Gasteiger partial charge in [-0.25, -0.2) is 4.98 Å². The maximum absolute atomic E-state index is 5.73. The van der Waals surface area contributed by atoms with E-state index in [1.807, 2.05) is 6.20 Å². The fourth-order valence-corrected chi connectivity index (χ4v) is 2.22. The molecule has 1 N–H and O–H groups in total. The summed E-state index contributed by atoms with van der Waals surface area (Å²) in [7, 11) is 0. The number of nitrogens with one attached hydrogen (secondary N) is 1. The van der Waals surface area contributed by atoms with Gasteiger partial charge in [0.15, 0.2) is 5.89 Å². The molecule has 1 atom stereocenters. The van der Waals surface area contributed by atoms with Gasteiger partial charge in [0.25, 0.3) is 0 Å². The summed E-state index contributed by atoms with van der Waals surface area (Å²) in [5, 5.41) is 3.39. The molecule has 0 saturated carbocycles. The fraction of sp³-hybridized carbons (Fsp3) is 0.786. The van der Waals surface area contributed by atoms with E-state index < -0.39 is 0 Å². The first-order valence-electron chi connectivity index (χ1n) is 7.02. The quantitative estimate of drug-likeness (QED) is 0.757. The molecule has 0 radical (unpaired) electrons. The van der Waals surface area contributed by atoms with Gasteiger partial charge in [0, 0.05) is 25.5 Å². The molecule has 1 saturated heterocycles. The Balaban J connectivity index is 1.68. The van der Waals surface area contributed by atoms with Gasteiger partial charge in [-0.1, -0.05) is 13.8 Å². The summed E-state index contributed by atoms with van der Waals surface area (Å²) in [5.41, 5.74) is 0. The van der Waals surface area contributed by atoms with E-state index in [1.165, 1.54) is 6.42 Å². The van der Waals surface area contributed by atoms with E-state index in [9.17, 15) is 0 Å². The topological polar surface area (TPSA) is 47.3 Å². The zero-order valence-corrected chi connectivity index (χ0v) is 11.4. The average molecular weight is 252 g/mol. The number of aromatic nitrogens is 1. The van der Waals surface area contributed by atoms with Crippen LogP contribution in [0.4, 0.5) is 0 Å². The van der Waals surface area contributed by atoms with E-state index in [1.54, 1.807) is 0 Å². The maximum Gasteiger partial charge on any atom is 0.194 e. The Morgan fingerprint density at radius 3 is 3.11 bits per heavy atom. The lowest BCUT2D eigenvalue weighted by Gasteiger charge is -2.06. The van der Waals surface area contributed by atoms with Crippen LogP contribution in [0.5, 0.6) is 0 Å². The summed E-state index contributed by atoms with van der Waals surface area (Å²) in [4.78, 5) is 4.32. The molecule has 102 valence electrons. The largest absolute Gasteiger partial charge is 0.446 e. The molecular weight excluding hydrogens is 228 g/mol. The second-order valence-electron chi connectivity index (χ2n) is 5.27. The molecule has 1 aromatic rings. The van der Waals surface area contributed by atoms with Crippen LogP contribution in [0.3, 0.4) is 0 Å². The van der Waals surface area contributed by atoms with Crippen LogP contribution in [0.2, 0.25) is 0 Å². The van der Waals surface area contributed by atoms with Gasteiger partial charge in [-0.2, -0.15) is 0 Å². The summed E-state index contributed by atoms with van der Waals surface area (Å²) >= 11 is 0. The van der Waals surface area contributed by atoms with Crippen LogP contribution in [0.25, 0.3) is 0 Å². The molecule has 1 aromatic heterocycles. The van der Waals surface area contributed by atoms with Gasteiger partial charge in [-0.05, 0) is 25.8 Å². The van der Waals surface area contributed by atoms with Gasteiger partial charge in [-0.3, -0.25) is 0 Å². The number of nitrogens with zero attached hydrogens (tertiary/aromatic N) is 1. The van der Waals surface area contributed by atoms with Crippen LogP contribution in [-0.2, 0) is 17.6 Å². The second-order valence-corrected chi connectivity index (χ2v) is 5.27. The van der Waals surface area contributed by atoms with E-state index in [4.69, 9.17) is 9.15 Å². The van der Waals surface area contributed by atoms with Gasteiger partial charge in [0.2, 0.25) is 0 Å². The molecule has 4 nitrogen and oxygen atoms in total. The first-order chi connectivity index (χ1) is 8.74. The molecular formula is C14H24N2O2. The smallest absolute Gasteiger partial charge is 0.194 e. The van der Waals surface area contributed by atoms with Crippen molar-refractivity contribution in [3.05, 3.63) is 17.8 Å². The van der Waals surface area contributed by atoms with Crippen molar-refractivity contribution in [2.45, 2.75) is 58.1 Å². The second kappa shape index (κ2) is 6.90. The molecule has 0 bridgehead atoms. The van der Waals surface area contributed by atoms with Crippen molar-refractivity contribution < 1.29 is 9.15 Å².